The van der Waals surface area contributed by atoms with E-state index in [0.717, 1.165) is 15.6 Å². The lowest BCUT2D eigenvalue weighted by molar-refractivity contribution is 0.272. The maximum Gasteiger partial charge on any atom is 0.162 e. The molecule has 0 bridgehead atoms. The van der Waals surface area contributed by atoms with Gasteiger partial charge in [-0.3, -0.25) is 0 Å². The number of benzene rings is 2. The van der Waals surface area contributed by atoms with Gasteiger partial charge in [0.25, 0.3) is 0 Å². The highest BCUT2D eigenvalue weighted by molar-refractivity contribution is 9.10. The second-order valence-electron chi connectivity index (χ2n) is 4.17. The molecule has 0 saturated carbocycles. The molecule has 0 atom stereocenters. The van der Waals surface area contributed by atoms with Gasteiger partial charge in [0.2, 0.25) is 0 Å². The van der Waals surface area contributed by atoms with Crippen LogP contribution >= 0.6 is 27.5 Å². The van der Waals surface area contributed by atoms with E-state index in [0.29, 0.717) is 23.1 Å². The van der Waals surface area contributed by atoms with E-state index in [2.05, 4.69) is 15.9 Å². The van der Waals surface area contributed by atoms with Gasteiger partial charge in [-0.1, -0.05) is 39.7 Å². The zero-order valence-electron chi connectivity index (χ0n) is 10.9. The number of halogens is 2. The van der Waals surface area contributed by atoms with Gasteiger partial charge in [-0.25, -0.2) is 0 Å². The van der Waals surface area contributed by atoms with Crippen LogP contribution in [0.3, 0.4) is 0 Å². The van der Waals surface area contributed by atoms with Crippen molar-refractivity contribution in [2.24, 2.45) is 0 Å². The zero-order valence-corrected chi connectivity index (χ0v) is 13.2. The number of methoxy groups -OCH3 is 1. The zero-order chi connectivity index (χ0) is 14.5. The summed E-state index contributed by atoms with van der Waals surface area (Å²) in [4.78, 5) is 0. The van der Waals surface area contributed by atoms with Crippen LogP contribution in [0.2, 0.25) is 5.02 Å². The molecule has 0 saturated heterocycles. The molecule has 0 spiro atoms. The molecule has 1 N–H and O–H groups in total. The van der Waals surface area contributed by atoms with Crippen molar-refractivity contribution in [1.82, 2.24) is 0 Å². The number of aliphatic hydroxyl groups is 1. The first-order valence-corrected chi connectivity index (χ1v) is 7.15. The molecule has 0 aliphatic carbocycles. The van der Waals surface area contributed by atoms with Crippen LogP contribution in [0.1, 0.15) is 11.1 Å². The molecule has 0 aromatic heterocycles. The van der Waals surface area contributed by atoms with Crippen LogP contribution in [0.25, 0.3) is 0 Å². The van der Waals surface area contributed by atoms with Gasteiger partial charge in [-0.05, 0) is 29.8 Å². The fourth-order valence-electron chi connectivity index (χ4n) is 1.73. The van der Waals surface area contributed by atoms with E-state index < -0.39 is 0 Å². The monoisotopic (exact) mass is 356 g/mol. The molecule has 0 fully saturated rings. The SMILES string of the molecule is COc1ccc(CO)cc1OCc1ccc(Br)cc1Cl. The Kier molecular flexibility index (Phi) is 5.29. The van der Waals surface area contributed by atoms with E-state index in [4.69, 9.17) is 26.2 Å². The molecule has 0 aliphatic heterocycles. The Morgan fingerprint density at radius 3 is 2.60 bits per heavy atom. The maximum atomic E-state index is 9.16. The van der Waals surface area contributed by atoms with Gasteiger partial charge in [-0.2, -0.15) is 0 Å². The molecule has 0 heterocycles. The summed E-state index contributed by atoms with van der Waals surface area (Å²) in [6.07, 6.45) is 0. The van der Waals surface area contributed by atoms with Crippen molar-refractivity contribution in [1.29, 1.82) is 0 Å². The topological polar surface area (TPSA) is 38.7 Å². The fraction of sp³-hybridized carbons (Fsp3) is 0.200. The Labute approximate surface area is 131 Å². The Hall–Kier alpha value is -1.23. The molecule has 2 aromatic rings. The predicted octanol–water partition coefficient (Wildman–Crippen LogP) is 4.18. The van der Waals surface area contributed by atoms with Crippen molar-refractivity contribution in [2.75, 3.05) is 7.11 Å². The van der Waals surface area contributed by atoms with E-state index in [1.807, 2.05) is 18.2 Å². The lowest BCUT2D eigenvalue weighted by Crippen LogP contribution is -1.99. The number of hydrogen-bond acceptors (Lipinski definition) is 3. The van der Waals surface area contributed by atoms with Crippen LogP contribution < -0.4 is 9.47 Å². The first-order chi connectivity index (χ1) is 9.63. The average Bonchev–Trinajstić information content (AvgIpc) is 2.46. The molecule has 5 heteroatoms. The van der Waals surface area contributed by atoms with Gasteiger partial charge in [0.1, 0.15) is 6.61 Å². The summed E-state index contributed by atoms with van der Waals surface area (Å²) in [5, 5.41) is 9.80. The maximum absolute atomic E-state index is 9.16. The van der Waals surface area contributed by atoms with Crippen molar-refractivity contribution in [3.63, 3.8) is 0 Å². The molecule has 2 aromatic carbocycles. The Morgan fingerprint density at radius 1 is 1.15 bits per heavy atom. The minimum absolute atomic E-state index is 0.0423. The average molecular weight is 358 g/mol. The van der Waals surface area contributed by atoms with Crippen molar-refractivity contribution < 1.29 is 14.6 Å². The second-order valence-corrected chi connectivity index (χ2v) is 5.49. The molecule has 0 unspecified atom stereocenters. The van der Waals surface area contributed by atoms with Gasteiger partial charge >= 0.3 is 0 Å². The van der Waals surface area contributed by atoms with Crippen molar-refractivity contribution in [2.45, 2.75) is 13.2 Å². The van der Waals surface area contributed by atoms with Crippen molar-refractivity contribution >= 4 is 27.5 Å². The molecule has 0 amide bonds. The summed E-state index contributed by atoms with van der Waals surface area (Å²) in [7, 11) is 1.58. The molecule has 106 valence electrons. The molecule has 0 aliphatic rings. The third-order valence-electron chi connectivity index (χ3n) is 2.81. The van der Waals surface area contributed by atoms with Crippen LogP contribution in [-0.4, -0.2) is 12.2 Å². The summed E-state index contributed by atoms with van der Waals surface area (Å²) in [5.74, 6) is 1.20. The normalized spacial score (nSPS) is 10.4. The van der Waals surface area contributed by atoms with Gasteiger partial charge < -0.3 is 14.6 Å². The van der Waals surface area contributed by atoms with Gasteiger partial charge in [0, 0.05) is 15.1 Å². The van der Waals surface area contributed by atoms with Gasteiger partial charge in [0.05, 0.1) is 13.7 Å². The highest BCUT2D eigenvalue weighted by atomic mass is 79.9. The third kappa shape index (κ3) is 3.66. The summed E-state index contributed by atoms with van der Waals surface area (Å²) in [6, 6.07) is 10.9. The van der Waals surface area contributed by atoms with E-state index in [1.165, 1.54) is 0 Å². The molecular formula is C15H14BrClO3. The molecular weight excluding hydrogens is 344 g/mol. The van der Waals surface area contributed by atoms with Crippen LogP contribution in [0, 0.1) is 0 Å². The number of ether oxygens (including phenoxy) is 2. The molecule has 2 rings (SSSR count). The van der Waals surface area contributed by atoms with Crippen molar-refractivity contribution in [3.8, 4) is 11.5 Å². The lowest BCUT2D eigenvalue weighted by atomic mass is 10.2. The minimum Gasteiger partial charge on any atom is -0.493 e. The number of rotatable bonds is 5. The number of aliphatic hydroxyl groups excluding tert-OH is 1. The molecule has 20 heavy (non-hydrogen) atoms. The standard InChI is InChI=1S/C15H14BrClO3/c1-19-14-5-2-10(8-18)6-15(14)20-9-11-3-4-12(16)7-13(11)17/h2-7,18H,8-9H2,1H3. The van der Waals surface area contributed by atoms with E-state index in [-0.39, 0.29) is 6.61 Å². The van der Waals surface area contributed by atoms with E-state index in [9.17, 15) is 0 Å². The lowest BCUT2D eigenvalue weighted by Gasteiger charge is -2.12. The van der Waals surface area contributed by atoms with Crippen LogP contribution in [0.15, 0.2) is 40.9 Å². The predicted molar refractivity (Wildman–Crippen MR) is 82.4 cm³/mol. The minimum atomic E-state index is -0.0423. The quantitative estimate of drug-likeness (QED) is 0.872. The first kappa shape index (κ1) is 15.2. The Bertz CT molecular complexity index is 602. The van der Waals surface area contributed by atoms with Crippen LogP contribution in [0.5, 0.6) is 11.5 Å². The highest BCUT2D eigenvalue weighted by Crippen LogP contribution is 2.30. The highest BCUT2D eigenvalue weighted by Gasteiger charge is 2.08. The molecule has 3 nitrogen and oxygen atoms in total. The first-order valence-electron chi connectivity index (χ1n) is 5.98. The van der Waals surface area contributed by atoms with Crippen LogP contribution in [-0.2, 0) is 13.2 Å². The van der Waals surface area contributed by atoms with Gasteiger partial charge in [-0.15, -0.1) is 0 Å². The summed E-state index contributed by atoms with van der Waals surface area (Å²) >= 11 is 9.51. The summed E-state index contributed by atoms with van der Waals surface area (Å²) in [5.41, 5.74) is 1.65. The summed E-state index contributed by atoms with van der Waals surface area (Å²) < 4.78 is 11.9. The fourth-order valence-corrected chi connectivity index (χ4v) is 2.45. The Morgan fingerprint density at radius 2 is 1.95 bits per heavy atom. The summed E-state index contributed by atoms with van der Waals surface area (Å²) in [6.45, 7) is 0.288. The molecule has 0 radical (unpaired) electrons. The second kappa shape index (κ2) is 6.97. The van der Waals surface area contributed by atoms with Crippen LogP contribution in [0.4, 0.5) is 0 Å². The third-order valence-corrected chi connectivity index (χ3v) is 3.65. The van der Waals surface area contributed by atoms with E-state index >= 15 is 0 Å². The largest absolute Gasteiger partial charge is 0.493 e. The number of hydrogen-bond donors (Lipinski definition) is 1. The van der Waals surface area contributed by atoms with E-state index in [1.54, 1.807) is 25.3 Å². The van der Waals surface area contributed by atoms with Crippen molar-refractivity contribution in [3.05, 3.63) is 57.0 Å². The van der Waals surface area contributed by atoms with Gasteiger partial charge in [0.15, 0.2) is 11.5 Å². The Balaban J connectivity index is 2.17. The smallest absolute Gasteiger partial charge is 0.162 e.